The maximum Gasteiger partial charge on any atom is 0.416 e. The van der Waals surface area contributed by atoms with Gasteiger partial charge in [0.2, 0.25) is 0 Å². The van der Waals surface area contributed by atoms with Gasteiger partial charge in [-0.25, -0.2) is 0 Å². The zero-order chi connectivity index (χ0) is 34.0. The molecular weight excluding hydrogens is 629 g/mol. The minimum absolute atomic E-state index is 0.608. The van der Waals surface area contributed by atoms with Crippen molar-refractivity contribution in [2.45, 2.75) is 13.1 Å². The molecule has 0 radical (unpaired) electrons. The third kappa shape index (κ3) is 4.91. The van der Waals surface area contributed by atoms with Crippen molar-refractivity contribution < 1.29 is 17.9 Å². The second kappa shape index (κ2) is 11.4. The number of anilines is 6. The van der Waals surface area contributed by atoms with Gasteiger partial charge in [0, 0.05) is 50.4 Å². The van der Waals surface area contributed by atoms with Crippen LogP contribution in [0.1, 0.15) is 11.1 Å². The number of para-hydroxylation sites is 2. The lowest BCUT2D eigenvalue weighted by molar-refractivity contribution is -0.137. The minimum atomic E-state index is -4.42. The average molecular weight is 659 g/mol. The lowest BCUT2D eigenvalue weighted by Gasteiger charge is -2.30. The Hall–Kier alpha value is -6.27. The fraction of sp³-hybridized carbons (Fsp3) is 0.0455. The summed E-state index contributed by atoms with van der Waals surface area (Å²) in [4.78, 5) is 4.25. The maximum absolute atomic E-state index is 13.5. The van der Waals surface area contributed by atoms with Crippen molar-refractivity contribution >= 4 is 66.4 Å². The molecule has 0 aromatic heterocycles. The van der Waals surface area contributed by atoms with Crippen molar-refractivity contribution in [1.29, 1.82) is 0 Å². The van der Waals surface area contributed by atoms with Crippen LogP contribution in [0, 0.1) is 6.92 Å². The molecule has 1 aliphatic heterocycles. The summed E-state index contributed by atoms with van der Waals surface area (Å²) in [5, 5.41) is 6.28. The average Bonchev–Trinajstić information content (AvgIpc) is 3.13. The Morgan fingerprint density at radius 1 is 0.460 bits per heavy atom. The number of rotatable bonds is 6. The first kappa shape index (κ1) is 29.8. The molecule has 0 fully saturated rings. The molecular formula is C44H29F3N2O. The quantitative estimate of drug-likeness (QED) is 0.165. The van der Waals surface area contributed by atoms with Crippen LogP contribution in [-0.4, -0.2) is 0 Å². The number of alkyl halides is 3. The van der Waals surface area contributed by atoms with E-state index in [2.05, 4.69) is 90.7 Å². The van der Waals surface area contributed by atoms with Gasteiger partial charge in [0.25, 0.3) is 0 Å². The van der Waals surface area contributed by atoms with E-state index in [1.807, 2.05) is 59.5 Å². The normalized spacial score (nSPS) is 12.2. The van der Waals surface area contributed by atoms with Crippen LogP contribution in [0.5, 0.6) is 11.5 Å². The Kier molecular flexibility index (Phi) is 6.81. The molecule has 6 heteroatoms. The molecule has 1 heterocycles. The van der Waals surface area contributed by atoms with Crippen molar-refractivity contribution in [2.75, 3.05) is 9.80 Å². The first-order chi connectivity index (χ1) is 24.3. The van der Waals surface area contributed by atoms with Gasteiger partial charge < -0.3 is 14.5 Å². The molecule has 0 bridgehead atoms. The lowest BCUT2D eigenvalue weighted by atomic mass is 9.91. The van der Waals surface area contributed by atoms with Crippen molar-refractivity contribution in [3.8, 4) is 11.5 Å². The van der Waals surface area contributed by atoms with Gasteiger partial charge in [-0.05, 0) is 96.6 Å². The third-order valence-corrected chi connectivity index (χ3v) is 9.44. The third-order valence-electron chi connectivity index (χ3n) is 9.44. The predicted octanol–water partition coefficient (Wildman–Crippen LogP) is 13.5. The maximum atomic E-state index is 13.5. The second-order valence-electron chi connectivity index (χ2n) is 12.6. The summed E-state index contributed by atoms with van der Waals surface area (Å²) in [6, 6.07) is 50.6. The molecule has 50 heavy (non-hydrogen) atoms. The van der Waals surface area contributed by atoms with Gasteiger partial charge in [-0.2, -0.15) is 13.2 Å². The van der Waals surface area contributed by atoms with Crippen LogP contribution in [0.15, 0.2) is 158 Å². The largest absolute Gasteiger partial charge is 0.456 e. The van der Waals surface area contributed by atoms with Gasteiger partial charge in [0.1, 0.15) is 11.5 Å². The molecule has 0 amide bonds. The first-order valence-electron chi connectivity index (χ1n) is 16.4. The summed E-state index contributed by atoms with van der Waals surface area (Å²) in [7, 11) is 0. The standard InChI is InChI=1S/C44H29F3N2O/c1-28-15-21-35(22-16-28)49(33-11-6-3-7-12-33)38-26-30-18-17-29-25-36(27-40-41(29)42(30)43-37(38)13-8-14-39(43)50-40)48(32-9-4-2-5-10-32)34-23-19-31(20-24-34)44(45,46)47/h2-27H,1H3. The summed E-state index contributed by atoms with van der Waals surface area (Å²) in [5.74, 6) is 1.45. The molecule has 8 aromatic rings. The van der Waals surface area contributed by atoms with E-state index in [1.165, 1.54) is 17.7 Å². The van der Waals surface area contributed by atoms with Gasteiger partial charge in [0.05, 0.1) is 16.9 Å². The van der Waals surface area contributed by atoms with E-state index in [0.29, 0.717) is 11.4 Å². The van der Waals surface area contributed by atoms with E-state index in [0.717, 1.165) is 78.6 Å². The fourth-order valence-corrected chi connectivity index (χ4v) is 7.17. The van der Waals surface area contributed by atoms with Crippen LogP contribution in [0.3, 0.4) is 0 Å². The van der Waals surface area contributed by atoms with E-state index in [1.54, 1.807) is 0 Å². The number of benzene rings is 8. The monoisotopic (exact) mass is 658 g/mol. The van der Waals surface area contributed by atoms with Crippen LogP contribution in [0.25, 0.3) is 32.3 Å². The molecule has 0 saturated carbocycles. The minimum Gasteiger partial charge on any atom is -0.456 e. The molecule has 0 saturated heterocycles. The smallest absolute Gasteiger partial charge is 0.416 e. The number of halogens is 3. The van der Waals surface area contributed by atoms with E-state index < -0.39 is 11.7 Å². The number of aryl methyl sites for hydroxylation is 1. The van der Waals surface area contributed by atoms with Crippen molar-refractivity contribution in [2.24, 2.45) is 0 Å². The molecule has 242 valence electrons. The van der Waals surface area contributed by atoms with Gasteiger partial charge >= 0.3 is 6.18 Å². The van der Waals surface area contributed by atoms with Gasteiger partial charge in [0.15, 0.2) is 0 Å². The highest BCUT2D eigenvalue weighted by Gasteiger charge is 2.31. The summed E-state index contributed by atoms with van der Waals surface area (Å²) in [5.41, 5.74) is 5.86. The number of ether oxygens (including phenoxy) is 1. The Morgan fingerprint density at radius 3 is 1.70 bits per heavy atom. The SMILES string of the molecule is Cc1ccc(N(c2ccccc2)c2cc3ccc4cc(N(c5ccccc5)c5ccc(C(F)(F)F)cc5)cc5c4c3c3c(cccc23)O5)cc1. The Morgan fingerprint density at radius 2 is 1.04 bits per heavy atom. The predicted molar refractivity (Wildman–Crippen MR) is 198 cm³/mol. The number of hydrogen-bond donors (Lipinski definition) is 0. The zero-order valence-electron chi connectivity index (χ0n) is 26.9. The Balaban J connectivity index is 1.27. The topological polar surface area (TPSA) is 15.7 Å². The van der Waals surface area contributed by atoms with E-state index in [4.69, 9.17) is 4.74 Å². The van der Waals surface area contributed by atoms with Gasteiger partial charge in [-0.3, -0.25) is 0 Å². The van der Waals surface area contributed by atoms with Crippen LogP contribution in [0.4, 0.5) is 47.3 Å². The molecule has 0 spiro atoms. The van der Waals surface area contributed by atoms with E-state index >= 15 is 0 Å². The highest BCUT2D eigenvalue weighted by molar-refractivity contribution is 6.28. The number of hydrogen-bond acceptors (Lipinski definition) is 3. The van der Waals surface area contributed by atoms with Gasteiger partial charge in [-0.15, -0.1) is 0 Å². The molecule has 0 N–H and O–H groups in total. The highest BCUT2D eigenvalue weighted by atomic mass is 19.4. The first-order valence-corrected chi connectivity index (χ1v) is 16.4. The molecule has 9 rings (SSSR count). The highest BCUT2D eigenvalue weighted by Crippen LogP contribution is 2.53. The Bertz CT molecular complexity index is 2550. The van der Waals surface area contributed by atoms with Crippen molar-refractivity contribution in [1.82, 2.24) is 0 Å². The molecule has 0 atom stereocenters. The summed E-state index contributed by atoms with van der Waals surface area (Å²) in [6.07, 6.45) is -4.42. The summed E-state index contributed by atoms with van der Waals surface area (Å²) < 4.78 is 47.2. The van der Waals surface area contributed by atoms with Gasteiger partial charge in [-0.1, -0.05) is 78.4 Å². The van der Waals surface area contributed by atoms with Crippen LogP contribution < -0.4 is 14.5 Å². The zero-order valence-corrected chi connectivity index (χ0v) is 26.9. The Labute approximate surface area is 287 Å². The summed E-state index contributed by atoms with van der Waals surface area (Å²) >= 11 is 0. The van der Waals surface area contributed by atoms with Crippen LogP contribution in [0.2, 0.25) is 0 Å². The van der Waals surface area contributed by atoms with Crippen molar-refractivity contribution in [3.63, 3.8) is 0 Å². The molecule has 3 nitrogen and oxygen atoms in total. The van der Waals surface area contributed by atoms with Crippen molar-refractivity contribution in [3.05, 3.63) is 169 Å². The van der Waals surface area contributed by atoms with E-state index in [-0.39, 0.29) is 0 Å². The second-order valence-corrected chi connectivity index (χ2v) is 12.6. The molecule has 1 aliphatic rings. The number of nitrogens with zero attached hydrogens (tertiary/aromatic N) is 2. The molecule has 0 unspecified atom stereocenters. The van der Waals surface area contributed by atoms with E-state index in [9.17, 15) is 13.2 Å². The fourth-order valence-electron chi connectivity index (χ4n) is 7.17. The van der Waals surface area contributed by atoms with Crippen LogP contribution >= 0.6 is 0 Å². The van der Waals surface area contributed by atoms with Crippen LogP contribution in [-0.2, 0) is 6.18 Å². The summed E-state index contributed by atoms with van der Waals surface area (Å²) in [6.45, 7) is 2.09. The lowest BCUT2D eigenvalue weighted by Crippen LogP contribution is -2.12. The molecule has 0 aliphatic carbocycles. The molecule has 8 aromatic carbocycles.